The van der Waals surface area contributed by atoms with Crippen LogP contribution in [0.15, 0.2) is 48.8 Å². The van der Waals surface area contributed by atoms with E-state index in [9.17, 15) is 4.39 Å². The Hall–Kier alpha value is -2.97. The van der Waals surface area contributed by atoms with E-state index in [1.54, 1.807) is 6.20 Å². The Balaban J connectivity index is 1.17. The summed E-state index contributed by atoms with van der Waals surface area (Å²) in [6.07, 6.45) is 3.67. The smallest absolute Gasteiger partial charge is 0.223 e. The molecule has 8 heteroatoms. The Morgan fingerprint density at radius 2 is 1.94 bits per heavy atom. The highest BCUT2D eigenvalue weighted by molar-refractivity contribution is 5.69. The summed E-state index contributed by atoms with van der Waals surface area (Å²) in [5.74, 6) is 0.625. The maximum atomic E-state index is 15.0. The lowest BCUT2D eigenvalue weighted by atomic mass is 9.99. The lowest BCUT2D eigenvalue weighted by Crippen LogP contribution is -2.58. The molecule has 3 aromatic rings. The van der Waals surface area contributed by atoms with Crippen LogP contribution in [0.2, 0.25) is 0 Å². The molecule has 1 aromatic carbocycles. The van der Waals surface area contributed by atoms with Crippen LogP contribution in [0, 0.1) is 0 Å². The molecule has 2 atom stereocenters. The molecule has 5 heterocycles. The quantitative estimate of drug-likeness (QED) is 0.628. The summed E-state index contributed by atoms with van der Waals surface area (Å²) in [5.41, 5.74) is 4.87. The van der Waals surface area contributed by atoms with Crippen molar-refractivity contribution in [3.05, 3.63) is 54.4 Å². The second-order valence-electron chi connectivity index (χ2n) is 8.78. The number of halogens is 1. The van der Waals surface area contributed by atoms with Crippen molar-refractivity contribution in [2.75, 3.05) is 38.3 Å². The first-order valence-electron chi connectivity index (χ1n) is 11.1. The molecule has 0 saturated carbocycles. The van der Waals surface area contributed by atoms with Crippen molar-refractivity contribution in [3.63, 3.8) is 0 Å². The number of aromatic nitrogens is 3. The number of ether oxygens (including phenoxy) is 2. The van der Waals surface area contributed by atoms with Gasteiger partial charge in [0.05, 0.1) is 37.1 Å². The molecule has 166 valence electrons. The van der Waals surface area contributed by atoms with Gasteiger partial charge in [0.25, 0.3) is 0 Å². The van der Waals surface area contributed by atoms with Gasteiger partial charge in [-0.05, 0) is 49.9 Å². The SMILES string of the molecule is CN(C1COC1)C1CCN(c2ccc(-n3cc4c(n3)-c3cccnc3OC4)cc2)CC1F. The Bertz CT molecular complexity index is 1110. The molecule has 32 heavy (non-hydrogen) atoms. The molecule has 3 aliphatic rings. The molecule has 0 aliphatic carbocycles. The first kappa shape index (κ1) is 19.7. The van der Waals surface area contributed by atoms with Crippen molar-refractivity contribution < 1.29 is 13.9 Å². The lowest BCUT2D eigenvalue weighted by molar-refractivity contribution is -0.0812. The van der Waals surface area contributed by atoms with Gasteiger partial charge in [0, 0.05) is 36.2 Å². The summed E-state index contributed by atoms with van der Waals surface area (Å²) >= 11 is 0. The van der Waals surface area contributed by atoms with E-state index in [1.165, 1.54) is 0 Å². The first-order chi connectivity index (χ1) is 15.7. The predicted molar refractivity (Wildman–Crippen MR) is 119 cm³/mol. The summed E-state index contributed by atoms with van der Waals surface area (Å²) in [6, 6.07) is 12.4. The van der Waals surface area contributed by atoms with Gasteiger partial charge in [-0.15, -0.1) is 0 Å². The number of piperidine rings is 1. The molecule has 7 nitrogen and oxygen atoms in total. The third kappa shape index (κ3) is 3.34. The molecule has 3 aliphatic heterocycles. The zero-order chi connectivity index (χ0) is 21.7. The Kier molecular flexibility index (Phi) is 4.84. The Morgan fingerprint density at radius 3 is 2.69 bits per heavy atom. The number of pyridine rings is 1. The van der Waals surface area contributed by atoms with Crippen LogP contribution in [0.25, 0.3) is 16.9 Å². The summed E-state index contributed by atoms with van der Waals surface area (Å²) in [7, 11) is 2.03. The van der Waals surface area contributed by atoms with Crippen LogP contribution in [-0.2, 0) is 11.3 Å². The standard InChI is InChI=1S/C24H26FN5O2/c1-28(19-14-31-15-19)22-8-10-29(12-21(22)25)17-4-6-18(7-5-17)30-11-16-13-32-24-20(23(16)27-30)3-2-9-26-24/h2-7,9,11,19,21-22H,8,10,12-15H2,1H3. The minimum Gasteiger partial charge on any atom is -0.472 e. The van der Waals surface area contributed by atoms with Crippen LogP contribution in [0.3, 0.4) is 0 Å². The fraction of sp³-hybridized carbons (Fsp3) is 0.417. The number of rotatable bonds is 4. The van der Waals surface area contributed by atoms with Crippen LogP contribution in [0.1, 0.15) is 12.0 Å². The van der Waals surface area contributed by atoms with Crippen LogP contribution < -0.4 is 9.64 Å². The van der Waals surface area contributed by atoms with Crippen molar-refractivity contribution in [3.8, 4) is 22.8 Å². The van der Waals surface area contributed by atoms with Crippen LogP contribution >= 0.6 is 0 Å². The topological polar surface area (TPSA) is 55.7 Å². The molecule has 6 rings (SSSR count). The zero-order valence-electron chi connectivity index (χ0n) is 18.0. The van der Waals surface area contributed by atoms with E-state index in [0.29, 0.717) is 25.1 Å². The molecule has 2 fully saturated rings. The van der Waals surface area contributed by atoms with E-state index in [4.69, 9.17) is 14.6 Å². The Labute approximate surface area is 186 Å². The first-order valence-corrected chi connectivity index (χ1v) is 11.1. The fourth-order valence-electron chi connectivity index (χ4n) is 4.84. The maximum Gasteiger partial charge on any atom is 0.223 e. The summed E-state index contributed by atoms with van der Waals surface area (Å²) in [5, 5.41) is 4.78. The van der Waals surface area contributed by atoms with Crippen molar-refractivity contribution in [2.24, 2.45) is 0 Å². The molecule has 0 amide bonds. The summed E-state index contributed by atoms with van der Waals surface area (Å²) in [6.45, 7) is 3.16. The largest absolute Gasteiger partial charge is 0.472 e. The van der Waals surface area contributed by atoms with Gasteiger partial charge in [-0.1, -0.05) is 0 Å². The number of anilines is 1. The lowest BCUT2D eigenvalue weighted by Gasteiger charge is -2.45. The molecule has 0 N–H and O–H groups in total. The molecule has 0 radical (unpaired) electrons. The van der Waals surface area contributed by atoms with E-state index < -0.39 is 6.17 Å². The monoisotopic (exact) mass is 435 g/mol. The highest BCUT2D eigenvalue weighted by atomic mass is 19.1. The summed E-state index contributed by atoms with van der Waals surface area (Å²) < 4.78 is 27.9. The zero-order valence-corrected chi connectivity index (χ0v) is 18.0. The molecule has 2 aromatic heterocycles. The molecule has 0 bridgehead atoms. The van der Waals surface area contributed by atoms with Gasteiger partial charge in [-0.2, -0.15) is 5.10 Å². The number of hydrogen-bond donors (Lipinski definition) is 0. The van der Waals surface area contributed by atoms with Gasteiger partial charge in [0.15, 0.2) is 0 Å². The molecular weight excluding hydrogens is 409 g/mol. The van der Waals surface area contributed by atoms with Crippen LogP contribution in [0.5, 0.6) is 5.88 Å². The highest BCUT2D eigenvalue weighted by Gasteiger charge is 2.37. The number of hydrogen-bond acceptors (Lipinski definition) is 6. The van der Waals surface area contributed by atoms with Gasteiger partial charge in [0.1, 0.15) is 18.5 Å². The average molecular weight is 436 g/mol. The van der Waals surface area contributed by atoms with Crippen molar-refractivity contribution in [2.45, 2.75) is 31.3 Å². The van der Waals surface area contributed by atoms with E-state index in [-0.39, 0.29) is 6.04 Å². The molecular formula is C24H26FN5O2. The van der Waals surface area contributed by atoms with E-state index in [0.717, 1.165) is 54.4 Å². The summed E-state index contributed by atoms with van der Waals surface area (Å²) in [4.78, 5) is 8.60. The van der Waals surface area contributed by atoms with Gasteiger partial charge >= 0.3 is 0 Å². The van der Waals surface area contributed by atoms with Crippen molar-refractivity contribution >= 4 is 5.69 Å². The van der Waals surface area contributed by atoms with E-state index >= 15 is 0 Å². The third-order valence-corrected chi connectivity index (χ3v) is 6.89. The van der Waals surface area contributed by atoms with Gasteiger partial charge < -0.3 is 14.4 Å². The minimum atomic E-state index is -0.874. The number of likely N-dealkylation sites (N-methyl/N-ethyl adjacent to an activating group) is 1. The number of nitrogens with zero attached hydrogens (tertiary/aromatic N) is 5. The molecule has 2 unspecified atom stereocenters. The Morgan fingerprint density at radius 1 is 1.12 bits per heavy atom. The third-order valence-electron chi connectivity index (χ3n) is 6.89. The van der Waals surface area contributed by atoms with E-state index in [2.05, 4.69) is 26.9 Å². The molecule has 2 saturated heterocycles. The molecule has 0 spiro atoms. The van der Waals surface area contributed by atoms with Crippen LogP contribution in [0.4, 0.5) is 10.1 Å². The van der Waals surface area contributed by atoms with Gasteiger partial charge in [-0.25, -0.2) is 14.1 Å². The fourth-order valence-corrected chi connectivity index (χ4v) is 4.84. The minimum absolute atomic E-state index is 0.0330. The number of alkyl halides is 1. The number of benzene rings is 1. The highest BCUT2D eigenvalue weighted by Crippen LogP contribution is 2.35. The second kappa shape index (κ2) is 7.86. The van der Waals surface area contributed by atoms with Crippen LogP contribution in [-0.4, -0.2) is 71.3 Å². The number of fused-ring (bicyclic) bond motifs is 3. The predicted octanol–water partition coefficient (Wildman–Crippen LogP) is 3.07. The second-order valence-corrected chi connectivity index (χ2v) is 8.78. The van der Waals surface area contributed by atoms with Gasteiger partial charge in [0.2, 0.25) is 5.88 Å². The normalized spacial score (nSPS) is 22.8. The van der Waals surface area contributed by atoms with Crippen molar-refractivity contribution in [1.82, 2.24) is 19.7 Å². The van der Waals surface area contributed by atoms with Crippen molar-refractivity contribution in [1.29, 1.82) is 0 Å². The van der Waals surface area contributed by atoms with Gasteiger partial charge in [-0.3, -0.25) is 4.90 Å². The maximum absolute atomic E-state index is 15.0. The van der Waals surface area contributed by atoms with E-state index in [1.807, 2.05) is 42.2 Å². The average Bonchev–Trinajstić information content (AvgIpc) is 3.23.